The van der Waals surface area contributed by atoms with E-state index >= 15 is 0 Å². The van der Waals surface area contributed by atoms with Crippen LogP contribution in [0, 0.1) is 5.82 Å². The summed E-state index contributed by atoms with van der Waals surface area (Å²) in [5.41, 5.74) is -5.84. The van der Waals surface area contributed by atoms with Crippen LogP contribution in [0.5, 0.6) is 0 Å². The minimum Gasteiger partial charge on any atom is -0.255 e. The van der Waals surface area contributed by atoms with Crippen LogP contribution in [-0.4, -0.2) is 13.9 Å². The van der Waals surface area contributed by atoms with Gasteiger partial charge in [0.05, 0.1) is 5.02 Å². The van der Waals surface area contributed by atoms with Gasteiger partial charge in [-0.1, -0.05) is 23.2 Å². The van der Waals surface area contributed by atoms with Crippen LogP contribution in [-0.2, 0) is 14.3 Å². The zero-order valence-electron chi connectivity index (χ0n) is 9.13. The molecule has 0 radical (unpaired) electrons. The Kier molecular flexibility index (Phi) is 4.71. The predicted octanol–water partition coefficient (Wildman–Crippen LogP) is 4.06. The normalized spacial score (nSPS) is 14.5. The highest BCUT2D eigenvalue weighted by atomic mass is 35.5. The van der Waals surface area contributed by atoms with Gasteiger partial charge in [-0.2, -0.15) is 21.6 Å². The second-order valence-electron chi connectivity index (χ2n) is 3.43. The van der Waals surface area contributed by atoms with Crippen molar-refractivity contribution in [3.05, 3.63) is 33.6 Å². The first-order chi connectivity index (χ1) is 8.45. The Morgan fingerprint density at radius 2 is 1.74 bits per heavy atom. The summed E-state index contributed by atoms with van der Waals surface area (Å²) >= 11 is 11.0. The fourth-order valence-corrected chi connectivity index (χ4v) is 2.28. The smallest absolute Gasteiger partial charge is 0.255 e. The van der Waals surface area contributed by atoms with E-state index in [4.69, 9.17) is 23.2 Å². The number of hydrogen-bond donors (Lipinski definition) is 0. The Balaban J connectivity index is 3.10. The van der Waals surface area contributed by atoms with E-state index in [0.717, 1.165) is 13.0 Å². The van der Waals surface area contributed by atoms with Crippen LogP contribution in [0.2, 0.25) is 10.0 Å². The minimum absolute atomic E-state index is 0.212. The van der Waals surface area contributed by atoms with Crippen LogP contribution in [0.3, 0.4) is 0 Å². The van der Waals surface area contributed by atoms with Crippen molar-refractivity contribution in [2.45, 2.75) is 18.5 Å². The molecule has 0 amide bonds. The van der Waals surface area contributed by atoms with Crippen molar-refractivity contribution < 1.29 is 30.2 Å². The molecule has 1 rings (SSSR count). The van der Waals surface area contributed by atoms with Gasteiger partial charge in [-0.3, -0.25) is 4.18 Å². The molecule has 1 atom stereocenters. The second-order valence-corrected chi connectivity index (χ2v) is 5.80. The maximum absolute atomic E-state index is 13.2. The first-order valence-corrected chi connectivity index (χ1v) is 6.76. The number of benzene rings is 1. The third kappa shape index (κ3) is 3.71. The van der Waals surface area contributed by atoms with E-state index in [9.17, 15) is 26.0 Å². The van der Waals surface area contributed by atoms with Crippen molar-refractivity contribution in [1.29, 1.82) is 0 Å². The monoisotopic (exact) mass is 340 g/mol. The Bertz CT molecular complexity index is 586. The molecular formula is C9H6Cl2F4O3S. The number of halogens is 6. The lowest BCUT2D eigenvalue weighted by molar-refractivity contribution is -0.0569. The molecule has 3 nitrogen and oxygen atoms in total. The molecule has 0 N–H and O–H groups in total. The van der Waals surface area contributed by atoms with E-state index in [1.54, 1.807) is 0 Å². The molecule has 0 aromatic heterocycles. The number of hydrogen-bond acceptors (Lipinski definition) is 3. The molecule has 1 aromatic carbocycles. The van der Waals surface area contributed by atoms with Crippen LogP contribution >= 0.6 is 23.2 Å². The largest absolute Gasteiger partial charge is 0.523 e. The van der Waals surface area contributed by atoms with Crippen molar-refractivity contribution in [1.82, 2.24) is 0 Å². The van der Waals surface area contributed by atoms with Crippen LogP contribution < -0.4 is 0 Å². The van der Waals surface area contributed by atoms with Gasteiger partial charge >= 0.3 is 15.6 Å². The molecule has 0 spiro atoms. The molecule has 0 saturated heterocycles. The first-order valence-electron chi connectivity index (χ1n) is 4.59. The first kappa shape index (κ1) is 16.5. The molecule has 108 valence electrons. The van der Waals surface area contributed by atoms with E-state index in [1.807, 2.05) is 0 Å². The second kappa shape index (κ2) is 5.43. The fraction of sp³-hybridized carbons (Fsp3) is 0.333. The molecule has 0 heterocycles. The molecule has 1 unspecified atom stereocenters. The molecule has 0 aliphatic carbocycles. The van der Waals surface area contributed by atoms with E-state index in [-0.39, 0.29) is 15.6 Å². The van der Waals surface area contributed by atoms with Gasteiger partial charge < -0.3 is 0 Å². The van der Waals surface area contributed by atoms with Gasteiger partial charge in [-0.05, 0) is 19.1 Å². The van der Waals surface area contributed by atoms with Gasteiger partial charge in [-0.25, -0.2) is 4.39 Å². The Labute approximate surface area is 116 Å². The van der Waals surface area contributed by atoms with Gasteiger partial charge in [0.15, 0.2) is 0 Å². The molecule has 1 aromatic rings. The van der Waals surface area contributed by atoms with Crippen LogP contribution in [0.15, 0.2) is 12.1 Å². The van der Waals surface area contributed by atoms with Crippen molar-refractivity contribution >= 4 is 33.3 Å². The lowest BCUT2D eigenvalue weighted by Gasteiger charge is -2.16. The standard InChI is InChI=1S/C9H6Cl2F4O3S/c1-4(18-19(16,17)9(13,14)15)5-2-8(12)7(11)3-6(5)10/h2-4H,1H3. The van der Waals surface area contributed by atoms with Crippen LogP contribution in [0.1, 0.15) is 18.6 Å². The topological polar surface area (TPSA) is 43.4 Å². The third-order valence-electron chi connectivity index (χ3n) is 2.03. The predicted molar refractivity (Wildman–Crippen MR) is 60.9 cm³/mol. The lowest BCUT2D eigenvalue weighted by Crippen LogP contribution is -2.26. The van der Waals surface area contributed by atoms with Crippen molar-refractivity contribution in [3.63, 3.8) is 0 Å². The van der Waals surface area contributed by atoms with Crippen molar-refractivity contribution in [2.75, 3.05) is 0 Å². The maximum Gasteiger partial charge on any atom is 0.523 e. The number of alkyl halides is 3. The molecule has 10 heteroatoms. The van der Waals surface area contributed by atoms with E-state index in [2.05, 4.69) is 4.18 Å². The van der Waals surface area contributed by atoms with Crippen molar-refractivity contribution in [3.8, 4) is 0 Å². The zero-order valence-corrected chi connectivity index (χ0v) is 11.5. The maximum atomic E-state index is 13.2. The summed E-state index contributed by atoms with van der Waals surface area (Å²) < 4.78 is 75.0. The summed E-state index contributed by atoms with van der Waals surface area (Å²) in [6.45, 7) is 0.984. The summed E-state index contributed by atoms with van der Waals surface area (Å²) in [5, 5.41) is -0.559. The van der Waals surface area contributed by atoms with Gasteiger partial charge in [-0.15, -0.1) is 0 Å². The van der Waals surface area contributed by atoms with Crippen LogP contribution in [0.4, 0.5) is 17.6 Å². The summed E-state index contributed by atoms with van der Waals surface area (Å²) in [4.78, 5) is 0. The average molecular weight is 341 g/mol. The van der Waals surface area contributed by atoms with Gasteiger partial charge in [0.2, 0.25) is 0 Å². The lowest BCUT2D eigenvalue weighted by atomic mass is 10.1. The highest BCUT2D eigenvalue weighted by Gasteiger charge is 2.48. The third-order valence-corrected chi connectivity index (χ3v) is 3.76. The zero-order chi connectivity index (χ0) is 15.0. The summed E-state index contributed by atoms with van der Waals surface area (Å²) in [6.07, 6.45) is -1.62. The Morgan fingerprint density at radius 3 is 2.21 bits per heavy atom. The molecular weight excluding hydrogens is 335 g/mol. The average Bonchev–Trinajstić information content (AvgIpc) is 2.20. The Hall–Kier alpha value is -0.570. The molecule has 0 aliphatic heterocycles. The fourth-order valence-electron chi connectivity index (χ4n) is 1.15. The highest BCUT2D eigenvalue weighted by Crippen LogP contribution is 2.34. The number of rotatable bonds is 3. The Morgan fingerprint density at radius 1 is 1.21 bits per heavy atom. The van der Waals surface area contributed by atoms with Gasteiger partial charge in [0.1, 0.15) is 11.9 Å². The quantitative estimate of drug-likeness (QED) is 0.360. The van der Waals surface area contributed by atoms with Crippen molar-refractivity contribution in [2.24, 2.45) is 0 Å². The SMILES string of the molecule is CC(OS(=O)(=O)C(F)(F)F)c1cc(F)c(Cl)cc1Cl. The van der Waals surface area contributed by atoms with E-state index in [1.165, 1.54) is 0 Å². The molecule has 0 aliphatic rings. The summed E-state index contributed by atoms with van der Waals surface area (Å²) in [7, 11) is -5.80. The summed E-state index contributed by atoms with van der Waals surface area (Å²) in [6, 6.07) is 1.65. The molecule has 0 bridgehead atoms. The van der Waals surface area contributed by atoms with E-state index < -0.39 is 27.5 Å². The molecule has 0 saturated carbocycles. The van der Waals surface area contributed by atoms with Gasteiger partial charge in [0.25, 0.3) is 0 Å². The minimum atomic E-state index is -5.80. The highest BCUT2D eigenvalue weighted by molar-refractivity contribution is 7.87. The molecule has 19 heavy (non-hydrogen) atoms. The molecule has 0 fully saturated rings. The van der Waals surface area contributed by atoms with Crippen LogP contribution in [0.25, 0.3) is 0 Å². The van der Waals surface area contributed by atoms with Gasteiger partial charge in [0, 0.05) is 10.6 Å². The van der Waals surface area contributed by atoms with E-state index in [0.29, 0.717) is 6.07 Å². The summed E-state index contributed by atoms with van der Waals surface area (Å²) in [5.74, 6) is -0.957.